The minimum Gasteiger partial charge on any atom is -0.376 e. The number of carbonyl (C=O) groups excluding carboxylic acids is 2. The Balaban J connectivity index is 1.49. The predicted molar refractivity (Wildman–Crippen MR) is 97.6 cm³/mol. The highest BCUT2D eigenvalue weighted by atomic mass is 16.5. The van der Waals surface area contributed by atoms with Crippen LogP contribution in [-0.4, -0.2) is 31.2 Å². The second-order valence-electron chi connectivity index (χ2n) is 6.90. The summed E-state index contributed by atoms with van der Waals surface area (Å²) in [6, 6.07) is 8.77. The van der Waals surface area contributed by atoms with Crippen molar-refractivity contribution >= 4 is 23.3 Å². The van der Waals surface area contributed by atoms with Gasteiger partial charge < -0.3 is 20.7 Å². The lowest BCUT2D eigenvalue weighted by atomic mass is 9.87. The first-order chi connectivity index (χ1) is 12.6. The van der Waals surface area contributed by atoms with Crippen molar-refractivity contribution in [2.24, 2.45) is 5.41 Å². The lowest BCUT2D eigenvalue weighted by Crippen LogP contribution is -2.35. The fourth-order valence-electron chi connectivity index (χ4n) is 3.44. The molecule has 1 saturated carbocycles. The SMILES string of the molecule is N#CC1(C(=O)Nc2ccc(NC(=O)NC[C@H]3CCCO3)cc2)CCCC1. The summed E-state index contributed by atoms with van der Waals surface area (Å²) in [7, 11) is 0. The van der Waals surface area contributed by atoms with E-state index >= 15 is 0 Å². The monoisotopic (exact) mass is 356 g/mol. The van der Waals surface area contributed by atoms with Gasteiger partial charge in [-0.05, 0) is 49.9 Å². The molecule has 0 spiro atoms. The van der Waals surface area contributed by atoms with Crippen molar-refractivity contribution in [2.75, 3.05) is 23.8 Å². The fraction of sp³-hybridized carbons (Fsp3) is 0.526. The Morgan fingerprint density at radius 1 is 1.12 bits per heavy atom. The van der Waals surface area contributed by atoms with Gasteiger partial charge in [0, 0.05) is 24.5 Å². The molecule has 0 bridgehead atoms. The van der Waals surface area contributed by atoms with E-state index in [0.717, 1.165) is 32.3 Å². The summed E-state index contributed by atoms with van der Waals surface area (Å²) in [6.07, 6.45) is 5.14. The van der Waals surface area contributed by atoms with E-state index in [1.807, 2.05) is 0 Å². The van der Waals surface area contributed by atoms with Crippen LogP contribution in [0.15, 0.2) is 24.3 Å². The first kappa shape index (κ1) is 18.2. The molecule has 3 amide bonds. The van der Waals surface area contributed by atoms with Gasteiger partial charge in [-0.3, -0.25) is 4.79 Å². The van der Waals surface area contributed by atoms with Crippen molar-refractivity contribution in [2.45, 2.75) is 44.6 Å². The molecule has 2 fully saturated rings. The molecule has 138 valence electrons. The minimum atomic E-state index is -0.904. The highest BCUT2D eigenvalue weighted by Gasteiger charge is 2.41. The Labute approximate surface area is 153 Å². The number of carbonyl (C=O) groups is 2. The highest BCUT2D eigenvalue weighted by molar-refractivity contribution is 5.97. The number of hydrogen-bond donors (Lipinski definition) is 3. The number of nitriles is 1. The maximum Gasteiger partial charge on any atom is 0.319 e. The summed E-state index contributed by atoms with van der Waals surface area (Å²) in [5.41, 5.74) is 0.338. The van der Waals surface area contributed by atoms with E-state index in [1.54, 1.807) is 24.3 Å². The summed E-state index contributed by atoms with van der Waals surface area (Å²) < 4.78 is 5.46. The average molecular weight is 356 g/mol. The van der Waals surface area contributed by atoms with Crippen molar-refractivity contribution in [3.05, 3.63) is 24.3 Å². The molecule has 7 heteroatoms. The molecular formula is C19H24N4O3. The molecule has 1 aliphatic heterocycles. The van der Waals surface area contributed by atoms with Gasteiger partial charge in [0.1, 0.15) is 5.41 Å². The molecule has 1 aromatic rings. The first-order valence-electron chi connectivity index (χ1n) is 9.10. The van der Waals surface area contributed by atoms with E-state index in [4.69, 9.17) is 4.74 Å². The topological polar surface area (TPSA) is 103 Å². The van der Waals surface area contributed by atoms with Crippen LogP contribution in [0.5, 0.6) is 0 Å². The maximum absolute atomic E-state index is 12.4. The van der Waals surface area contributed by atoms with Crippen LogP contribution < -0.4 is 16.0 Å². The number of benzene rings is 1. The zero-order valence-electron chi connectivity index (χ0n) is 14.7. The van der Waals surface area contributed by atoms with Gasteiger partial charge in [-0.15, -0.1) is 0 Å². The second-order valence-corrected chi connectivity index (χ2v) is 6.90. The van der Waals surface area contributed by atoms with Crippen molar-refractivity contribution < 1.29 is 14.3 Å². The van der Waals surface area contributed by atoms with Gasteiger partial charge in [0.05, 0.1) is 12.2 Å². The molecule has 0 radical (unpaired) electrons. The molecule has 7 nitrogen and oxygen atoms in total. The molecule has 3 rings (SSSR count). The zero-order chi connectivity index (χ0) is 18.4. The lowest BCUT2D eigenvalue weighted by molar-refractivity contribution is -0.122. The average Bonchev–Trinajstić information content (AvgIpc) is 3.34. The second kappa shape index (κ2) is 8.19. The standard InChI is InChI=1S/C19H24N4O3/c20-13-19(9-1-2-10-19)17(24)22-14-5-7-15(8-6-14)23-18(25)21-12-16-4-3-11-26-16/h5-8,16H,1-4,9-12H2,(H,22,24)(H2,21,23,25)/t16-/m1/s1. The van der Waals surface area contributed by atoms with Crippen LogP contribution >= 0.6 is 0 Å². The summed E-state index contributed by atoms with van der Waals surface area (Å²) in [4.78, 5) is 24.3. The number of ether oxygens (including phenoxy) is 1. The third-order valence-corrected chi connectivity index (χ3v) is 5.02. The Hall–Kier alpha value is -2.59. The molecule has 1 saturated heterocycles. The zero-order valence-corrected chi connectivity index (χ0v) is 14.7. The van der Waals surface area contributed by atoms with Crippen molar-refractivity contribution in [1.29, 1.82) is 5.26 Å². The number of nitrogens with one attached hydrogen (secondary N) is 3. The Morgan fingerprint density at radius 3 is 2.35 bits per heavy atom. The summed E-state index contributed by atoms with van der Waals surface area (Å²) in [5.74, 6) is -0.243. The van der Waals surface area contributed by atoms with Crippen LogP contribution in [-0.2, 0) is 9.53 Å². The molecule has 1 heterocycles. The summed E-state index contributed by atoms with van der Waals surface area (Å²) in [5, 5.41) is 17.7. The van der Waals surface area contributed by atoms with Crippen LogP contribution in [0.4, 0.5) is 16.2 Å². The smallest absolute Gasteiger partial charge is 0.319 e. The van der Waals surface area contributed by atoms with Crippen molar-refractivity contribution in [3.63, 3.8) is 0 Å². The van der Waals surface area contributed by atoms with E-state index in [-0.39, 0.29) is 18.0 Å². The largest absolute Gasteiger partial charge is 0.376 e. The predicted octanol–water partition coefficient (Wildman–Crippen LogP) is 3.01. The molecule has 1 aliphatic carbocycles. The van der Waals surface area contributed by atoms with E-state index in [9.17, 15) is 14.9 Å². The minimum absolute atomic E-state index is 0.0985. The van der Waals surface area contributed by atoms with Gasteiger partial charge in [-0.25, -0.2) is 4.79 Å². The summed E-state index contributed by atoms with van der Waals surface area (Å²) in [6.45, 7) is 1.25. The number of amides is 3. The Bertz CT molecular complexity index is 684. The van der Waals surface area contributed by atoms with E-state index in [0.29, 0.717) is 30.8 Å². The van der Waals surface area contributed by atoms with Gasteiger partial charge in [0.15, 0.2) is 0 Å². The molecule has 1 atom stereocenters. The molecule has 0 unspecified atom stereocenters. The quantitative estimate of drug-likeness (QED) is 0.754. The van der Waals surface area contributed by atoms with Gasteiger partial charge in [0.2, 0.25) is 5.91 Å². The van der Waals surface area contributed by atoms with Crippen molar-refractivity contribution in [3.8, 4) is 6.07 Å². The third kappa shape index (κ3) is 4.33. The van der Waals surface area contributed by atoms with E-state index in [2.05, 4.69) is 22.0 Å². The van der Waals surface area contributed by atoms with E-state index in [1.165, 1.54) is 0 Å². The fourth-order valence-corrected chi connectivity index (χ4v) is 3.44. The highest BCUT2D eigenvalue weighted by Crippen LogP contribution is 2.38. The van der Waals surface area contributed by atoms with Crippen LogP contribution in [0.25, 0.3) is 0 Å². The van der Waals surface area contributed by atoms with Crippen LogP contribution in [0.1, 0.15) is 38.5 Å². The molecule has 3 N–H and O–H groups in total. The van der Waals surface area contributed by atoms with Crippen LogP contribution in [0.2, 0.25) is 0 Å². The van der Waals surface area contributed by atoms with Gasteiger partial charge in [-0.2, -0.15) is 5.26 Å². The molecule has 0 aromatic heterocycles. The van der Waals surface area contributed by atoms with Gasteiger partial charge >= 0.3 is 6.03 Å². The number of nitrogens with zero attached hydrogens (tertiary/aromatic N) is 1. The molecule has 2 aliphatic rings. The van der Waals surface area contributed by atoms with Gasteiger partial charge in [0.25, 0.3) is 0 Å². The Morgan fingerprint density at radius 2 is 1.77 bits per heavy atom. The van der Waals surface area contributed by atoms with Crippen molar-refractivity contribution in [1.82, 2.24) is 5.32 Å². The normalized spacial score (nSPS) is 21.0. The molecule has 26 heavy (non-hydrogen) atoms. The number of rotatable bonds is 5. The summed E-state index contributed by atoms with van der Waals surface area (Å²) >= 11 is 0. The number of hydrogen-bond acceptors (Lipinski definition) is 4. The molecule has 1 aromatic carbocycles. The molecular weight excluding hydrogens is 332 g/mol. The van der Waals surface area contributed by atoms with Gasteiger partial charge in [-0.1, -0.05) is 12.8 Å². The number of anilines is 2. The maximum atomic E-state index is 12.4. The van der Waals surface area contributed by atoms with Crippen LogP contribution in [0.3, 0.4) is 0 Å². The number of urea groups is 1. The van der Waals surface area contributed by atoms with Crippen LogP contribution in [0, 0.1) is 16.7 Å². The first-order valence-corrected chi connectivity index (χ1v) is 9.10. The lowest BCUT2D eigenvalue weighted by Gasteiger charge is -2.19. The Kier molecular flexibility index (Phi) is 5.74. The van der Waals surface area contributed by atoms with E-state index < -0.39 is 5.41 Å². The third-order valence-electron chi connectivity index (χ3n) is 5.02.